The minimum absolute atomic E-state index is 0.191. The highest BCUT2D eigenvalue weighted by Crippen LogP contribution is 2.19. The highest BCUT2D eigenvalue weighted by atomic mass is 16.5. The minimum Gasteiger partial charge on any atom is -0.497 e. The molecule has 1 aliphatic carbocycles. The summed E-state index contributed by atoms with van der Waals surface area (Å²) in [6.07, 6.45) is 8.05. The Bertz CT molecular complexity index is 804. The molecule has 1 aliphatic rings. The summed E-state index contributed by atoms with van der Waals surface area (Å²) in [6.45, 7) is 1.68. The van der Waals surface area contributed by atoms with Crippen molar-refractivity contribution in [1.29, 1.82) is 0 Å². The van der Waals surface area contributed by atoms with E-state index >= 15 is 0 Å². The van der Waals surface area contributed by atoms with Crippen LogP contribution in [-0.4, -0.2) is 42.9 Å². The fourth-order valence-corrected chi connectivity index (χ4v) is 3.13. The second-order valence-electron chi connectivity index (χ2n) is 6.87. The van der Waals surface area contributed by atoms with Gasteiger partial charge >= 0.3 is 0 Å². The molecule has 154 valence electrons. The van der Waals surface area contributed by atoms with E-state index < -0.39 is 0 Å². The summed E-state index contributed by atoms with van der Waals surface area (Å²) in [6, 6.07) is 10.8. The van der Waals surface area contributed by atoms with Crippen molar-refractivity contribution in [2.24, 2.45) is 0 Å². The molecule has 0 unspecified atom stereocenters. The van der Waals surface area contributed by atoms with Crippen molar-refractivity contribution >= 4 is 11.7 Å². The van der Waals surface area contributed by atoms with Gasteiger partial charge in [0.05, 0.1) is 13.7 Å². The Balaban J connectivity index is 1.35. The monoisotopic (exact) mass is 396 g/mol. The number of anilines is 1. The molecule has 2 N–H and O–H groups in total. The maximum Gasteiger partial charge on any atom is 0.271 e. The van der Waals surface area contributed by atoms with Gasteiger partial charge in [0.25, 0.3) is 5.91 Å². The van der Waals surface area contributed by atoms with Gasteiger partial charge in [-0.2, -0.15) is 0 Å². The first-order chi connectivity index (χ1) is 14.2. The lowest BCUT2D eigenvalue weighted by Gasteiger charge is -2.12. The van der Waals surface area contributed by atoms with Crippen molar-refractivity contribution < 1.29 is 14.3 Å². The number of methoxy groups -OCH3 is 1. The zero-order valence-corrected chi connectivity index (χ0v) is 16.8. The summed E-state index contributed by atoms with van der Waals surface area (Å²) in [7, 11) is 1.63. The summed E-state index contributed by atoms with van der Waals surface area (Å²) >= 11 is 0. The average molecular weight is 396 g/mol. The summed E-state index contributed by atoms with van der Waals surface area (Å²) in [5.41, 5.74) is 1.77. The van der Waals surface area contributed by atoms with Crippen LogP contribution in [0, 0.1) is 0 Å². The van der Waals surface area contributed by atoms with E-state index in [0.717, 1.165) is 30.8 Å². The van der Waals surface area contributed by atoms with E-state index in [9.17, 15) is 4.79 Å². The summed E-state index contributed by atoms with van der Waals surface area (Å²) in [4.78, 5) is 12.2. The fourth-order valence-electron chi connectivity index (χ4n) is 3.13. The molecule has 0 saturated heterocycles. The third-order valence-electron chi connectivity index (χ3n) is 4.75. The maximum absolute atomic E-state index is 12.2. The Labute approximate surface area is 171 Å². The second kappa shape index (κ2) is 11.0. The number of aromatic nitrogens is 2. The number of benzene rings is 1. The predicted octanol–water partition coefficient (Wildman–Crippen LogP) is 3.60. The van der Waals surface area contributed by atoms with Gasteiger partial charge in [-0.1, -0.05) is 11.6 Å². The van der Waals surface area contributed by atoms with Crippen LogP contribution in [0.25, 0.3) is 0 Å². The number of rotatable bonds is 10. The van der Waals surface area contributed by atoms with Crippen molar-refractivity contribution in [3.8, 4) is 11.5 Å². The van der Waals surface area contributed by atoms with Gasteiger partial charge < -0.3 is 20.1 Å². The molecule has 1 aromatic carbocycles. The van der Waals surface area contributed by atoms with Crippen LogP contribution < -0.4 is 20.1 Å². The molecule has 29 heavy (non-hydrogen) atoms. The molecule has 0 spiro atoms. The Morgan fingerprint density at radius 3 is 2.55 bits per heavy atom. The molecule has 3 rings (SSSR count). The van der Waals surface area contributed by atoms with Crippen LogP contribution in [-0.2, 0) is 0 Å². The number of nitrogens with zero attached hydrogens (tertiary/aromatic N) is 2. The van der Waals surface area contributed by atoms with Gasteiger partial charge in [0, 0.05) is 6.54 Å². The van der Waals surface area contributed by atoms with Crippen LogP contribution >= 0.6 is 0 Å². The van der Waals surface area contributed by atoms with E-state index in [1.807, 2.05) is 24.3 Å². The molecule has 0 atom stereocenters. The number of hydrogen-bond acceptors (Lipinski definition) is 6. The largest absolute Gasteiger partial charge is 0.497 e. The molecule has 2 aromatic rings. The SMILES string of the molecule is COc1ccc(OCCNc2ccc(C(=O)NCCC3=CCCCC3)nn2)cc1. The van der Waals surface area contributed by atoms with Crippen molar-refractivity contribution in [3.63, 3.8) is 0 Å². The topological polar surface area (TPSA) is 85.4 Å². The summed E-state index contributed by atoms with van der Waals surface area (Å²) in [5.74, 6) is 1.98. The predicted molar refractivity (Wildman–Crippen MR) is 113 cm³/mol. The van der Waals surface area contributed by atoms with Crippen LogP contribution in [0.3, 0.4) is 0 Å². The van der Waals surface area contributed by atoms with Crippen LogP contribution in [0.4, 0.5) is 5.82 Å². The number of amides is 1. The maximum atomic E-state index is 12.2. The first kappa shape index (κ1) is 20.6. The summed E-state index contributed by atoms with van der Waals surface area (Å²) < 4.78 is 10.8. The molecule has 0 radical (unpaired) electrons. The van der Waals surface area contributed by atoms with E-state index in [0.29, 0.717) is 31.2 Å². The molecule has 0 fully saturated rings. The molecule has 1 heterocycles. The van der Waals surface area contributed by atoms with E-state index in [4.69, 9.17) is 9.47 Å². The molecule has 1 amide bonds. The Morgan fingerprint density at radius 2 is 1.86 bits per heavy atom. The molecule has 7 nitrogen and oxygen atoms in total. The quantitative estimate of drug-likeness (QED) is 0.471. The zero-order valence-electron chi connectivity index (χ0n) is 16.8. The lowest BCUT2D eigenvalue weighted by molar-refractivity contribution is 0.0948. The third-order valence-corrected chi connectivity index (χ3v) is 4.75. The molecule has 0 saturated carbocycles. The van der Waals surface area contributed by atoms with Crippen LogP contribution in [0.2, 0.25) is 0 Å². The third kappa shape index (κ3) is 6.78. The van der Waals surface area contributed by atoms with E-state index in [2.05, 4.69) is 26.9 Å². The molecule has 7 heteroatoms. The first-order valence-electron chi connectivity index (χ1n) is 10.0. The van der Waals surface area contributed by atoms with E-state index in [1.165, 1.54) is 18.4 Å². The number of carbonyl (C=O) groups is 1. The zero-order chi connectivity index (χ0) is 20.3. The lowest BCUT2D eigenvalue weighted by Crippen LogP contribution is -2.26. The minimum atomic E-state index is -0.191. The van der Waals surface area contributed by atoms with Gasteiger partial charge in [0.15, 0.2) is 5.69 Å². The van der Waals surface area contributed by atoms with E-state index in [1.54, 1.807) is 19.2 Å². The smallest absolute Gasteiger partial charge is 0.271 e. The van der Waals surface area contributed by atoms with E-state index in [-0.39, 0.29) is 5.91 Å². The van der Waals surface area contributed by atoms with Crippen LogP contribution in [0.15, 0.2) is 48.0 Å². The number of carbonyl (C=O) groups excluding carboxylic acids is 1. The van der Waals surface area contributed by atoms with Crippen molar-refractivity contribution in [1.82, 2.24) is 15.5 Å². The van der Waals surface area contributed by atoms with Gasteiger partial charge in [-0.3, -0.25) is 4.79 Å². The van der Waals surface area contributed by atoms with Crippen molar-refractivity contribution in [2.75, 3.05) is 32.1 Å². The fraction of sp³-hybridized carbons (Fsp3) is 0.409. The number of nitrogens with one attached hydrogen (secondary N) is 2. The van der Waals surface area contributed by atoms with Gasteiger partial charge in [0.2, 0.25) is 0 Å². The summed E-state index contributed by atoms with van der Waals surface area (Å²) in [5, 5.41) is 14.1. The van der Waals surface area contributed by atoms with Crippen LogP contribution in [0.1, 0.15) is 42.6 Å². The Morgan fingerprint density at radius 1 is 1.03 bits per heavy atom. The Kier molecular flexibility index (Phi) is 7.86. The highest BCUT2D eigenvalue weighted by Gasteiger charge is 2.09. The lowest BCUT2D eigenvalue weighted by atomic mass is 9.97. The second-order valence-corrected chi connectivity index (χ2v) is 6.87. The number of ether oxygens (including phenoxy) is 2. The number of allylic oxidation sites excluding steroid dienone is 1. The molecular formula is C22H28N4O3. The Hall–Kier alpha value is -3.09. The average Bonchev–Trinajstić information content (AvgIpc) is 2.78. The molecular weight excluding hydrogens is 368 g/mol. The molecule has 0 aliphatic heterocycles. The van der Waals surface area contributed by atoms with Gasteiger partial charge in [-0.15, -0.1) is 10.2 Å². The number of hydrogen-bond donors (Lipinski definition) is 2. The van der Waals surface area contributed by atoms with Gasteiger partial charge in [0.1, 0.15) is 23.9 Å². The van der Waals surface area contributed by atoms with Gasteiger partial charge in [-0.05, 0) is 68.5 Å². The van der Waals surface area contributed by atoms with Crippen LogP contribution in [0.5, 0.6) is 11.5 Å². The van der Waals surface area contributed by atoms with Crippen molar-refractivity contribution in [2.45, 2.75) is 32.1 Å². The highest BCUT2D eigenvalue weighted by molar-refractivity contribution is 5.92. The first-order valence-corrected chi connectivity index (χ1v) is 10.0. The molecule has 1 aromatic heterocycles. The van der Waals surface area contributed by atoms with Crippen molar-refractivity contribution in [3.05, 3.63) is 53.7 Å². The standard InChI is InChI=1S/C22H28N4O3/c1-28-18-7-9-19(10-8-18)29-16-15-23-21-12-11-20(25-26-21)22(27)24-14-13-17-5-3-2-4-6-17/h5,7-12H,2-4,6,13-16H2,1H3,(H,23,26)(H,24,27). The van der Waals surface area contributed by atoms with Gasteiger partial charge in [-0.25, -0.2) is 0 Å². The normalized spacial score (nSPS) is 13.3. The molecule has 0 bridgehead atoms.